The molecule has 28 nitrogen and oxygen atoms in total. The molecule has 2 unspecified atom stereocenters. The molecule has 2 aliphatic heterocycles. The first-order valence-corrected chi connectivity index (χ1v) is 30.4. The number of carbonyl (C=O) groups is 6. The normalized spacial score (nSPS) is 13.6. The summed E-state index contributed by atoms with van der Waals surface area (Å²) < 4.78 is 45.3. The third-order valence-corrected chi connectivity index (χ3v) is 13.5. The third kappa shape index (κ3) is 34.7. The number of aromatic nitrogens is 5. The van der Waals surface area contributed by atoms with Crippen molar-refractivity contribution >= 4 is 80.1 Å². The van der Waals surface area contributed by atoms with Crippen LogP contribution in [0.1, 0.15) is 140 Å². The molecule has 9 N–H and O–H groups in total. The maximum Gasteiger partial charge on any atom is 2.00 e. The van der Waals surface area contributed by atoms with E-state index >= 15 is 0 Å². The average molecular weight is 1540 g/mol. The van der Waals surface area contributed by atoms with E-state index in [1.165, 1.54) is 12.8 Å². The Bertz CT molecular complexity index is 3050. The van der Waals surface area contributed by atoms with E-state index in [-0.39, 0.29) is 88.8 Å². The summed E-state index contributed by atoms with van der Waals surface area (Å²) in [4.78, 5) is 85.2. The molecule has 30 heteroatoms. The molecule has 4 heterocycles. The molecule has 1 aromatic carbocycles. The van der Waals surface area contributed by atoms with Gasteiger partial charge in [0.1, 0.15) is 13.2 Å². The number of aliphatic hydroxyl groups excluding tert-OH is 1. The van der Waals surface area contributed by atoms with Crippen LogP contribution in [0.5, 0.6) is 11.5 Å². The molecule has 1 radical (unpaired) electrons. The quantitative estimate of drug-likeness (QED) is 0.0175. The first-order valence-electron chi connectivity index (χ1n) is 30.4. The number of hydrogen-bond donors (Lipinski definition) is 7. The van der Waals surface area contributed by atoms with Gasteiger partial charge in [-0.05, 0) is 74.7 Å². The minimum Gasteiger partial charge on any atom is -0.676 e. The second kappa shape index (κ2) is 50.8. The Morgan fingerprint density at radius 2 is 0.947 bits per heavy atom. The number of carboxylic acid groups (broad SMARTS) is 5. The fraction of sp³-hybridized carbons (Fsp3) is 0.562. The number of amides is 1. The molecule has 2 aromatic heterocycles. The number of aliphatic hydroxyl groups is 1. The zero-order chi connectivity index (χ0) is 68.4. The summed E-state index contributed by atoms with van der Waals surface area (Å²) in [5, 5.41) is 51.4. The Morgan fingerprint density at radius 3 is 1.29 bits per heavy atom. The van der Waals surface area contributed by atoms with Crippen molar-refractivity contribution in [3.05, 3.63) is 82.0 Å². The minimum atomic E-state index is -1.82. The Balaban J connectivity index is 0.00000307. The van der Waals surface area contributed by atoms with E-state index in [9.17, 15) is 14.7 Å². The van der Waals surface area contributed by atoms with Crippen LogP contribution in [-0.2, 0) is 108 Å². The molecule has 1 fully saturated rings. The van der Waals surface area contributed by atoms with Crippen LogP contribution in [0, 0.1) is 0 Å². The number of aliphatic carboxylic acids is 5. The first-order chi connectivity index (χ1) is 44.0. The Morgan fingerprint density at radius 1 is 0.574 bits per heavy atom. The number of benzene rings is 1. The Kier molecular flexibility index (Phi) is 47.2. The van der Waals surface area contributed by atoms with Gasteiger partial charge in [0, 0.05) is 76.8 Å². The Labute approximate surface area is 573 Å². The van der Waals surface area contributed by atoms with Gasteiger partial charge in [-0.3, -0.25) is 29.1 Å². The predicted octanol–water partition coefficient (Wildman–Crippen LogP) is 8.34. The number of allylic oxidation sites excluding steroid dienone is 4. The second-order valence-corrected chi connectivity index (χ2v) is 20.6. The van der Waals surface area contributed by atoms with Gasteiger partial charge in [0.2, 0.25) is 5.91 Å². The van der Waals surface area contributed by atoms with Gasteiger partial charge in [-0.1, -0.05) is 62.8 Å². The van der Waals surface area contributed by atoms with E-state index in [2.05, 4.69) is 19.2 Å². The summed E-state index contributed by atoms with van der Waals surface area (Å²) in [7, 11) is 3.25. The maximum atomic E-state index is 12.4. The van der Waals surface area contributed by atoms with Crippen molar-refractivity contribution in [2.45, 2.75) is 131 Å². The van der Waals surface area contributed by atoms with Gasteiger partial charge in [-0.25, -0.2) is 19.6 Å². The summed E-state index contributed by atoms with van der Waals surface area (Å²) in [6, 6.07) is 7.51. The number of nitrogens with one attached hydrogen (secondary N) is 3. The number of aryl methyl sites for hydroxylation is 2. The van der Waals surface area contributed by atoms with Gasteiger partial charge >= 0.3 is 39.0 Å². The number of carboxylic acids is 5. The van der Waals surface area contributed by atoms with Gasteiger partial charge < -0.3 is 90.3 Å². The van der Waals surface area contributed by atoms with Crippen molar-refractivity contribution in [2.75, 3.05) is 107 Å². The molecule has 1 aliphatic carbocycles. The summed E-state index contributed by atoms with van der Waals surface area (Å²) in [5.41, 5.74) is 26.2. The summed E-state index contributed by atoms with van der Waals surface area (Å²) in [6.07, 6.45) is 11.3. The van der Waals surface area contributed by atoms with E-state index in [0.717, 1.165) is 95.4 Å². The van der Waals surface area contributed by atoms with Crippen molar-refractivity contribution in [2.24, 2.45) is 0 Å². The van der Waals surface area contributed by atoms with Crippen molar-refractivity contribution in [3.8, 4) is 11.5 Å². The van der Waals surface area contributed by atoms with E-state index in [0.29, 0.717) is 132 Å². The molecule has 6 bridgehead atoms. The molecule has 6 rings (SSSR count). The standard InChI is InChI=1S/C52H72N6O12.C6H12N2.C2H2O4.2C2H4O2.Mn.Pt/c1-7-37-38(8-2)42-30-44-40(12-10-16-59)36(4)48(58-44)34-55-46-32-50(70-28-26-68-24-22-66-20-18-64-6)49(69-27-25-67-23-21-65-19-17-63-5)31-45(46)54-33-47-35(3)39(43(57-47)29-41(37)56-42)11-9-15-53-51(60)13-14-52(61)62;7-5-3-1-2-4-6(5)8;3-1(4)2(5)6;2*1-2(3)4;;/h29-34,59H,7-28H2,1-6H3,(H3,53,54,55,56,57,58,60,61,62);5-8H,1-4H2;(H,3,4)(H,5,6);2*1H3,(H,3,4);;/q;-2;;;;;+2/p-1. The van der Waals surface area contributed by atoms with Crippen molar-refractivity contribution in [1.82, 2.24) is 30.2 Å². The van der Waals surface area contributed by atoms with Crippen LogP contribution in [0.4, 0.5) is 0 Å². The molecule has 1 amide bonds. The van der Waals surface area contributed by atoms with Crippen molar-refractivity contribution in [3.63, 3.8) is 0 Å². The number of hydrogen-bond acceptors (Lipinski definition) is 19. The number of rotatable bonds is 32. The van der Waals surface area contributed by atoms with Gasteiger partial charge in [0.15, 0.2) is 11.5 Å². The maximum absolute atomic E-state index is 12.4. The molecule has 527 valence electrons. The SMILES string of the molecule is CC(=O)O.CC(=O)O.CCc1c(CC)c2cc3nc(cnc4cc(OCCOCCOCCOC)c(OCCOCCOCCOC)cc4ncc4nc(cc1[n-]2)C(CCCO)=C4C)C(C)=C3CCCNC(=O)CCC(=O)O.O=C(O)C(=O)O.[Mn].[NH-]C1CCCCC1[NH-].[Pt+2]. The second-order valence-electron chi connectivity index (χ2n) is 20.6. The van der Waals surface area contributed by atoms with Crippen LogP contribution in [0.2, 0.25) is 0 Å². The van der Waals surface area contributed by atoms with Crippen LogP contribution in [-0.4, -0.2) is 205 Å². The molecular formula is C64H93MnN8O20Pt-. The molecule has 0 saturated heterocycles. The number of fused-ring (bicyclic) bond motifs is 7. The predicted molar refractivity (Wildman–Crippen MR) is 344 cm³/mol. The van der Waals surface area contributed by atoms with Crippen LogP contribution < -0.4 is 19.8 Å². The fourth-order valence-electron chi connectivity index (χ4n) is 9.01. The van der Waals surface area contributed by atoms with E-state index in [1.807, 2.05) is 26.0 Å². The topological polar surface area (TPSA) is 423 Å². The van der Waals surface area contributed by atoms with Gasteiger partial charge in [0.25, 0.3) is 11.9 Å². The zero-order valence-corrected chi connectivity index (χ0v) is 58.3. The zero-order valence-electron chi connectivity index (χ0n) is 54.8. The molecular weight excluding hydrogens is 1450 g/mol. The van der Waals surface area contributed by atoms with E-state index in [1.54, 1.807) is 38.7 Å². The largest absolute Gasteiger partial charge is 2.00 e. The first kappa shape index (κ1) is 87.4. The Hall–Kier alpha value is -6.59. The van der Waals surface area contributed by atoms with Crippen molar-refractivity contribution < 1.29 is 135 Å². The van der Waals surface area contributed by atoms with Crippen LogP contribution in [0.15, 0.2) is 36.7 Å². The number of carbonyl (C=O) groups excluding carboxylic acids is 1. The van der Waals surface area contributed by atoms with Crippen molar-refractivity contribution in [1.29, 1.82) is 0 Å². The van der Waals surface area contributed by atoms with Crippen LogP contribution in [0.3, 0.4) is 0 Å². The summed E-state index contributed by atoms with van der Waals surface area (Å²) >= 11 is 0. The molecule has 2 atom stereocenters. The van der Waals surface area contributed by atoms with E-state index < -0.39 is 29.8 Å². The summed E-state index contributed by atoms with van der Waals surface area (Å²) in [5.74, 6) is -5.78. The minimum absolute atomic E-state index is 0. The molecule has 3 aromatic rings. The number of methoxy groups -OCH3 is 2. The fourth-order valence-corrected chi connectivity index (χ4v) is 9.01. The monoisotopic (exact) mass is 1540 g/mol. The van der Waals surface area contributed by atoms with Gasteiger partial charge in [-0.15, -0.1) is 11.0 Å². The molecule has 1 saturated carbocycles. The van der Waals surface area contributed by atoms with Crippen LogP contribution in [0.25, 0.3) is 55.8 Å². The van der Waals surface area contributed by atoms with E-state index in [4.69, 9.17) is 119 Å². The smallest absolute Gasteiger partial charge is 0.676 e. The number of nitrogens with zero attached hydrogens (tertiary/aromatic N) is 5. The van der Waals surface area contributed by atoms with Gasteiger partial charge in [-0.2, -0.15) is 12.1 Å². The molecule has 94 heavy (non-hydrogen) atoms. The average Bonchev–Trinajstić information content (AvgIpc) is 1.61. The van der Waals surface area contributed by atoms with Crippen LogP contribution >= 0.6 is 0 Å². The third-order valence-electron chi connectivity index (χ3n) is 13.5. The molecule has 0 spiro atoms. The number of ether oxygens (including phenoxy) is 8. The van der Waals surface area contributed by atoms with Gasteiger partial charge in [0.05, 0.1) is 119 Å². The summed E-state index contributed by atoms with van der Waals surface area (Å²) in [6.45, 7) is 15.5. The molecule has 3 aliphatic rings.